The monoisotopic (exact) mass is 496 g/mol. The van der Waals surface area contributed by atoms with E-state index in [-0.39, 0.29) is 29.5 Å². The van der Waals surface area contributed by atoms with E-state index in [0.717, 1.165) is 37.7 Å². The zero-order valence-electron chi connectivity index (χ0n) is 18.1. The first-order chi connectivity index (χ1) is 16.5. The van der Waals surface area contributed by atoms with Gasteiger partial charge in [-0.15, -0.1) is 0 Å². The Morgan fingerprint density at radius 2 is 2.00 bits per heavy atom. The van der Waals surface area contributed by atoms with E-state index in [2.05, 4.69) is 9.97 Å². The number of furan rings is 1. The van der Waals surface area contributed by atoms with Crippen molar-refractivity contribution in [3.8, 4) is 0 Å². The van der Waals surface area contributed by atoms with Gasteiger partial charge in [0.15, 0.2) is 10.9 Å². The predicted octanol–water partition coefficient (Wildman–Crippen LogP) is 4.23. The highest BCUT2D eigenvalue weighted by atomic mass is 35.5. The highest BCUT2D eigenvalue weighted by Crippen LogP contribution is 2.23. The second kappa shape index (κ2) is 9.52. The van der Waals surface area contributed by atoms with Crippen LogP contribution in [0.25, 0.3) is 10.9 Å². The number of benzene rings is 1. The predicted molar refractivity (Wildman–Crippen MR) is 130 cm³/mol. The number of carbonyl (C=O) groups excluding carboxylic acids is 2. The molecule has 1 amide bonds. The van der Waals surface area contributed by atoms with Crippen molar-refractivity contribution in [2.24, 2.45) is 0 Å². The van der Waals surface area contributed by atoms with E-state index in [1.165, 1.54) is 10.8 Å². The van der Waals surface area contributed by atoms with Crippen molar-refractivity contribution >= 4 is 46.0 Å². The van der Waals surface area contributed by atoms with Crippen molar-refractivity contribution in [1.29, 1.82) is 0 Å². The van der Waals surface area contributed by atoms with Crippen LogP contribution >= 0.6 is 23.4 Å². The standard InChI is InChI=1S/C24H21ClN4O4S/c25-16-5-6-18-19(11-16)27-24(29(22(18)31)13-17-4-3-9-33-17)34-14-21(30)15-10-20(26-12-15)23(32)28-7-1-2-8-28/h3-6,9-12,26H,1-2,7-8,13-14H2. The number of aromatic nitrogens is 3. The van der Waals surface area contributed by atoms with E-state index in [9.17, 15) is 14.4 Å². The van der Waals surface area contributed by atoms with Gasteiger partial charge in [0.1, 0.15) is 11.5 Å². The number of rotatable bonds is 7. The summed E-state index contributed by atoms with van der Waals surface area (Å²) in [5, 5.41) is 1.29. The molecule has 1 aliphatic heterocycles. The van der Waals surface area contributed by atoms with Crippen molar-refractivity contribution in [2.75, 3.05) is 18.8 Å². The number of ketones is 1. The molecule has 0 saturated carbocycles. The topological polar surface area (TPSA) is 101 Å². The van der Waals surface area contributed by atoms with Gasteiger partial charge in [-0.25, -0.2) is 4.98 Å². The highest BCUT2D eigenvalue weighted by Gasteiger charge is 2.22. The van der Waals surface area contributed by atoms with Crippen LogP contribution in [0.2, 0.25) is 5.02 Å². The molecule has 1 N–H and O–H groups in total. The van der Waals surface area contributed by atoms with Crippen LogP contribution in [-0.2, 0) is 6.54 Å². The molecule has 5 rings (SSSR count). The first-order valence-electron chi connectivity index (χ1n) is 10.9. The van der Waals surface area contributed by atoms with E-state index in [0.29, 0.717) is 38.1 Å². The number of likely N-dealkylation sites (tertiary alicyclic amines) is 1. The molecule has 4 heterocycles. The Morgan fingerprint density at radius 1 is 1.18 bits per heavy atom. The van der Waals surface area contributed by atoms with Gasteiger partial charge in [-0.1, -0.05) is 23.4 Å². The van der Waals surface area contributed by atoms with Crippen LogP contribution in [0, 0.1) is 0 Å². The van der Waals surface area contributed by atoms with Gasteiger partial charge in [0.05, 0.1) is 29.5 Å². The molecule has 174 valence electrons. The summed E-state index contributed by atoms with van der Waals surface area (Å²) in [6, 6.07) is 10.0. The van der Waals surface area contributed by atoms with Gasteiger partial charge < -0.3 is 14.3 Å². The van der Waals surface area contributed by atoms with Gasteiger partial charge in [0.25, 0.3) is 11.5 Å². The van der Waals surface area contributed by atoms with Crippen molar-refractivity contribution < 1.29 is 14.0 Å². The molecule has 3 aromatic heterocycles. The quantitative estimate of drug-likeness (QED) is 0.233. The first-order valence-corrected chi connectivity index (χ1v) is 12.2. The second-order valence-electron chi connectivity index (χ2n) is 8.04. The summed E-state index contributed by atoms with van der Waals surface area (Å²) in [4.78, 5) is 48.0. The molecule has 0 bridgehead atoms. The van der Waals surface area contributed by atoms with Crippen molar-refractivity contribution in [1.82, 2.24) is 19.4 Å². The molecular formula is C24H21ClN4O4S. The number of aromatic amines is 1. The number of halogens is 1. The van der Waals surface area contributed by atoms with E-state index in [1.54, 1.807) is 47.5 Å². The summed E-state index contributed by atoms with van der Waals surface area (Å²) in [5.74, 6) is 0.378. The van der Waals surface area contributed by atoms with Crippen LogP contribution in [-0.4, -0.2) is 50.0 Å². The Morgan fingerprint density at radius 3 is 2.76 bits per heavy atom. The third-order valence-electron chi connectivity index (χ3n) is 5.74. The molecule has 1 fully saturated rings. The molecule has 0 radical (unpaired) electrons. The number of amides is 1. The van der Waals surface area contributed by atoms with Crippen molar-refractivity contribution in [2.45, 2.75) is 24.5 Å². The van der Waals surface area contributed by atoms with E-state index < -0.39 is 0 Å². The zero-order chi connectivity index (χ0) is 23.7. The Labute approximate surface area is 203 Å². The number of hydrogen-bond acceptors (Lipinski definition) is 6. The maximum atomic E-state index is 13.2. The van der Waals surface area contributed by atoms with Gasteiger partial charge in [-0.05, 0) is 49.2 Å². The lowest BCUT2D eigenvalue weighted by molar-refractivity contribution is 0.0787. The molecular weight excluding hydrogens is 476 g/mol. The van der Waals surface area contributed by atoms with Crippen LogP contribution in [0.1, 0.15) is 39.4 Å². The third kappa shape index (κ3) is 4.53. The first kappa shape index (κ1) is 22.5. The van der Waals surface area contributed by atoms with Gasteiger partial charge in [0, 0.05) is 29.9 Å². The minimum Gasteiger partial charge on any atom is -0.467 e. The van der Waals surface area contributed by atoms with Crippen LogP contribution in [0.5, 0.6) is 0 Å². The molecule has 1 saturated heterocycles. The van der Waals surface area contributed by atoms with Crippen LogP contribution in [0.15, 0.2) is 63.2 Å². The molecule has 0 unspecified atom stereocenters. The SMILES string of the molecule is O=C(CSc1nc2cc(Cl)ccc2c(=O)n1Cc1ccco1)c1c[nH]c(C(=O)N2CCCC2)c1. The summed E-state index contributed by atoms with van der Waals surface area (Å²) in [6.07, 6.45) is 5.09. The molecule has 4 aromatic rings. The Hall–Kier alpha value is -3.30. The minimum atomic E-state index is -0.242. The number of H-pyrrole nitrogens is 1. The third-order valence-corrected chi connectivity index (χ3v) is 6.95. The minimum absolute atomic E-state index is 0.0475. The molecule has 1 aromatic carbocycles. The lowest BCUT2D eigenvalue weighted by Gasteiger charge is -2.13. The molecule has 0 aliphatic carbocycles. The fourth-order valence-electron chi connectivity index (χ4n) is 3.96. The number of fused-ring (bicyclic) bond motifs is 1. The number of hydrogen-bond donors (Lipinski definition) is 1. The number of nitrogens with one attached hydrogen (secondary N) is 1. The lowest BCUT2D eigenvalue weighted by atomic mass is 10.2. The molecule has 0 spiro atoms. The number of nitrogens with zero attached hydrogens (tertiary/aromatic N) is 3. The second-order valence-corrected chi connectivity index (χ2v) is 9.42. The zero-order valence-corrected chi connectivity index (χ0v) is 19.7. The van der Waals surface area contributed by atoms with Crippen molar-refractivity contribution in [3.63, 3.8) is 0 Å². The molecule has 1 aliphatic rings. The molecule has 0 atom stereocenters. The Bertz CT molecular complexity index is 1420. The summed E-state index contributed by atoms with van der Waals surface area (Å²) in [5.41, 5.74) is 1.04. The molecule has 10 heteroatoms. The number of Topliss-reactive ketones (excluding diaryl/α,β-unsaturated/α-hetero) is 1. The maximum absolute atomic E-state index is 13.2. The Kier molecular flexibility index (Phi) is 6.30. The van der Waals surface area contributed by atoms with Gasteiger partial charge in [0.2, 0.25) is 0 Å². The molecule has 34 heavy (non-hydrogen) atoms. The fraction of sp³-hybridized carbons (Fsp3) is 0.250. The van der Waals surface area contributed by atoms with Crippen LogP contribution in [0.3, 0.4) is 0 Å². The largest absolute Gasteiger partial charge is 0.467 e. The maximum Gasteiger partial charge on any atom is 0.270 e. The van der Waals surface area contributed by atoms with Crippen LogP contribution in [0.4, 0.5) is 0 Å². The van der Waals surface area contributed by atoms with E-state index >= 15 is 0 Å². The highest BCUT2D eigenvalue weighted by molar-refractivity contribution is 7.99. The fourth-order valence-corrected chi connectivity index (χ4v) is 5.02. The van der Waals surface area contributed by atoms with Gasteiger partial charge in [-0.3, -0.25) is 19.0 Å². The summed E-state index contributed by atoms with van der Waals surface area (Å²) in [7, 11) is 0. The lowest BCUT2D eigenvalue weighted by Crippen LogP contribution is -2.27. The van der Waals surface area contributed by atoms with Crippen molar-refractivity contribution in [3.05, 3.63) is 81.3 Å². The normalized spacial score (nSPS) is 13.6. The van der Waals surface area contributed by atoms with Crippen LogP contribution < -0.4 is 5.56 Å². The smallest absolute Gasteiger partial charge is 0.270 e. The van der Waals surface area contributed by atoms with Gasteiger partial charge in [-0.2, -0.15) is 0 Å². The summed E-state index contributed by atoms with van der Waals surface area (Å²) < 4.78 is 6.91. The van der Waals surface area contributed by atoms with E-state index in [4.69, 9.17) is 16.0 Å². The number of carbonyl (C=O) groups is 2. The van der Waals surface area contributed by atoms with E-state index in [1.807, 2.05) is 0 Å². The number of thioether (sulfide) groups is 1. The summed E-state index contributed by atoms with van der Waals surface area (Å²) >= 11 is 7.26. The summed E-state index contributed by atoms with van der Waals surface area (Å²) in [6.45, 7) is 1.66. The average molecular weight is 497 g/mol. The van der Waals surface area contributed by atoms with Gasteiger partial charge >= 0.3 is 0 Å². The average Bonchev–Trinajstić information content (AvgIpc) is 3.62. The molecule has 8 nitrogen and oxygen atoms in total. The Balaban J connectivity index is 1.39.